The summed E-state index contributed by atoms with van der Waals surface area (Å²) in [5.41, 5.74) is 0.773. The molecule has 0 heterocycles. The molecule has 0 aromatic heterocycles. The molecule has 1 N–H and O–H groups in total. The van der Waals surface area contributed by atoms with Crippen molar-refractivity contribution in [1.29, 1.82) is 0 Å². The molecule has 2 aromatic rings. The fraction of sp³-hybridized carbons (Fsp3) is 0.143. The van der Waals surface area contributed by atoms with Gasteiger partial charge in [-0.1, -0.05) is 37.9 Å². The van der Waals surface area contributed by atoms with Crippen molar-refractivity contribution in [1.82, 2.24) is 5.32 Å². The van der Waals surface area contributed by atoms with Crippen molar-refractivity contribution in [3.05, 3.63) is 67.9 Å². The summed E-state index contributed by atoms with van der Waals surface area (Å²) in [6.07, 6.45) is 0. The number of rotatable bonds is 3. The lowest BCUT2D eigenvalue weighted by atomic mass is 9.98. The van der Waals surface area contributed by atoms with Crippen LogP contribution in [0.25, 0.3) is 0 Å². The number of hydrogen-bond acceptors (Lipinski definition) is 1. The molecule has 20 heavy (non-hydrogen) atoms. The van der Waals surface area contributed by atoms with Crippen LogP contribution in [0.15, 0.2) is 39.3 Å². The fourth-order valence-electron chi connectivity index (χ4n) is 1.97. The van der Waals surface area contributed by atoms with Gasteiger partial charge in [-0.2, -0.15) is 0 Å². The molecule has 0 radical (unpaired) electrons. The Balaban J connectivity index is 2.55. The molecule has 6 heteroatoms. The Labute approximate surface area is 131 Å². The second-order valence-corrected chi connectivity index (χ2v) is 5.95. The Hall–Kier alpha value is -0.850. The lowest BCUT2D eigenvalue weighted by Gasteiger charge is -2.19. The smallest absolute Gasteiger partial charge is 0.161 e. The second kappa shape index (κ2) is 6.28. The molecule has 1 unspecified atom stereocenters. The van der Waals surface area contributed by atoms with Gasteiger partial charge < -0.3 is 5.32 Å². The van der Waals surface area contributed by atoms with Gasteiger partial charge in [0.15, 0.2) is 11.6 Å². The quantitative estimate of drug-likeness (QED) is 0.709. The van der Waals surface area contributed by atoms with Gasteiger partial charge >= 0.3 is 0 Å². The van der Waals surface area contributed by atoms with E-state index in [4.69, 9.17) is 0 Å². The predicted molar refractivity (Wildman–Crippen MR) is 79.1 cm³/mol. The molecule has 0 saturated carbocycles. The Kier molecular flexibility index (Phi) is 4.88. The van der Waals surface area contributed by atoms with Crippen molar-refractivity contribution in [2.45, 2.75) is 6.04 Å². The zero-order valence-corrected chi connectivity index (χ0v) is 13.5. The van der Waals surface area contributed by atoms with Gasteiger partial charge in [0, 0.05) is 20.6 Å². The van der Waals surface area contributed by atoms with Crippen LogP contribution in [0.3, 0.4) is 0 Å². The van der Waals surface area contributed by atoms with E-state index in [1.165, 1.54) is 0 Å². The number of hydrogen-bond donors (Lipinski definition) is 1. The van der Waals surface area contributed by atoms with E-state index < -0.39 is 23.5 Å². The first-order valence-corrected chi connectivity index (χ1v) is 7.29. The first-order valence-electron chi connectivity index (χ1n) is 5.70. The minimum atomic E-state index is -1.20. The van der Waals surface area contributed by atoms with Crippen LogP contribution in [-0.2, 0) is 0 Å². The molecule has 0 fully saturated rings. The van der Waals surface area contributed by atoms with Crippen LogP contribution >= 0.6 is 31.9 Å². The average molecular weight is 409 g/mol. The third kappa shape index (κ3) is 3.07. The summed E-state index contributed by atoms with van der Waals surface area (Å²) in [6, 6.07) is 6.21. The molecular weight excluding hydrogens is 399 g/mol. The van der Waals surface area contributed by atoms with Crippen LogP contribution in [0.5, 0.6) is 0 Å². The third-order valence-corrected chi connectivity index (χ3v) is 4.09. The van der Waals surface area contributed by atoms with Crippen molar-refractivity contribution in [3.8, 4) is 0 Å². The molecule has 0 aliphatic rings. The molecule has 0 aliphatic carbocycles. The van der Waals surface area contributed by atoms with Crippen molar-refractivity contribution >= 4 is 31.9 Å². The molecule has 0 bridgehead atoms. The predicted octanol–water partition coefficient (Wildman–Crippen LogP) is 4.94. The maximum absolute atomic E-state index is 13.9. The Morgan fingerprint density at radius 2 is 1.55 bits per heavy atom. The minimum absolute atomic E-state index is 0.0504. The average Bonchev–Trinajstić information content (AvgIpc) is 2.38. The molecule has 0 spiro atoms. The van der Waals surface area contributed by atoms with Crippen LogP contribution < -0.4 is 5.32 Å². The van der Waals surface area contributed by atoms with Crippen LogP contribution in [0.1, 0.15) is 17.2 Å². The largest absolute Gasteiger partial charge is 0.309 e. The summed E-state index contributed by atoms with van der Waals surface area (Å²) in [7, 11) is 1.62. The maximum Gasteiger partial charge on any atom is 0.161 e. The number of benzene rings is 2. The van der Waals surface area contributed by atoms with E-state index in [9.17, 15) is 13.2 Å². The van der Waals surface area contributed by atoms with Crippen LogP contribution in [0, 0.1) is 17.5 Å². The summed E-state index contributed by atoms with van der Waals surface area (Å²) >= 11 is 6.71. The van der Waals surface area contributed by atoms with Crippen molar-refractivity contribution < 1.29 is 13.2 Å². The SMILES string of the molecule is CNC(c1cc(F)c(F)cc1F)c1ccc(Br)cc1Br. The molecule has 106 valence electrons. The lowest BCUT2D eigenvalue weighted by molar-refractivity contribution is 0.483. The highest BCUT2D eigenvalue weighted by Crippen LogP contribution is 2.32. The topological polar surface area (TPSA) is 12.0 Å². The minimum Gasteiger partial charge on any atom is -0.309 e. The molecule has 1 atom stereocenters. The molecular formula is C14H10Br2F3N. The highest BCUT2D eigenvalue weighted by molar-refractivity contribution is 9.11. The van der Waals surface area contributed by atoms with Crippen molar-refractivity contribution in [2.75, 3.05) is 7.05 Å². The zero-order chi connectivity index (χ0) is 14.9. The Morgan fingerprint density at radius 1 is 0.900 bits per heavy atom. The second-order valence-electron chi connectivity index (χ2n) is 4.18. The Morgan fingerprint density at radius 3 is 2.15 bits per heavy atom. The van der Waals surface area contributed by atoms with Gasteiger partial charge in [-0.05, 0) is 30.8 Å². The summed E-state index contributed by atoms with van der Waals surface area (Å²) < 4.78 is 41.8. The van der Waals surface area contributed by atoms with E-state index in [1.807, 2.05) is 0 Å². The number of nitrogens with one attached hydrogen (secondary N) is 1. The molecule has 1 nitrogen and oxygen atoms in total. The molecule has 0 saturated heterocycles. The van der Waals surface area contributed by atoms with Crippen LogP contribution in [0.4, 0.5) is 13.2 Å². The molecule has 0 aliphatic heterocycles. The standard InChI is InChI=1S/C14H10Br2F3N/c1-20-14(8-3-2-7(15)4-10(8)16)9-5-12(18)13(19)6-11(9)17/h2-6,14,20H,1H3. The van der Waals surface area contributed by atoms with Crippen molar-refractivity contribution in [3.63, 3.8) is 0 Å². The van der Waals surface area contributed by atoms with E-state index in [0.29, 0.717) is 6.07 Å². The van der Waals surface area contributed by atoms with Gasteiger partial charge in [-0.25, -0.2) is 13.2 Å². The molecule has 0 amide bonds. The highest BCUT2D eigenvalue weighted by Gasteiger charge is 2.21. The lowest BCUT2D eigenvalue weighted by Crippen LogP contribution is -2.20. The molecule has 2 rings (SSSR count). The molecule has 2 aromatic carbocycles. The van der Waals surface area contributed by atoms with Crippen LogP contribution in [0.2, 0.25) is 0 Å². The van der Waals surface area contributed by atoms with E-state index in [-0.39, 0.29) is 5.56 Å². The normalized spacial score (nSPS) is 12.5. The van der Waals surface area contributed by atoms with Gasteiger partial charge in [0.25, 0.3) is 0 Å². The first kappa shape index (κ1) is 15.5. The van der Waals surface area contributed by atoms with E-state index in [2.05, 4.69) is 37.2 Å². The summed E-state index contributed by atoms with van der Waals surface area (Å²) in [5.74, 6) is -3.07. The van der Waals surface area contributed by atoms with Crippen LogP contribution in [-0.4, -0.2) is 7.05 Å². The van der Waals surface area contributed by atoms with E-state index >= 15 is 0 Å². The highest BCUT2D eigenvalue weighted by atomic mass is 79.9. The van der Waals surface area contributed by atoms with E-state index in [0.717, 1.165) is 20.6 Å². The summed E-state index contributed by atoms with van der Waals surface area (Å²) in [4.78, 5) is 0. The summed E-state index contributed by atoms with van der Waals surface area (Å²) in [6.45, 7) is 0. The third-order valence-electron chi connectivity index (χ3n) is 2.91. The van der Waals surface area contributed by atoms with Gasteiger partial charge in [0.2, 0.25) is 0 Å². The number of halogens is 5. The van der Waals surface area contributed by atoms with Gasteiger partial charge in [-0.3, -0.25) is 0 Å². The maximum atomic E-state index is 13.9. The van der Waals surface area contributed by atoms with Crippen molar-refractivity contribution in [2.24, 2.45) is 0 Å². The monoisotopic (exact) mass is 407 g/mol. The van der Waals surface area contributed by atoms with Gasteiger partial charge in [0.1, 0.15) is 5.82 Å². The van der Waals surface area contributed by atoms with Gasteiger partial charge in [0.05, 0.1) is 6.04 Å². The fourth-order valence-corrected chi connectivity index (χ4v) is 3.25. The Bertz CT molecular complexity index is 647. The van der Waals surface area contributed by atoms with E-state index in [1.54, 1.807) is 25.2 Å². The van der Waals surface area contributed by atoms with Gasteiger partial charge in [-0.15, -0.1) is 0 Å². The summed E-state index contributed by atoms with van der Waals surface area (Å²) in [5, 5.41) is 2.91. The first-order chi connectivity index (χ1) is 9.43. The zero-order valence-electron chi connectivity index (χ0n) is 10.4.